The number of carbonyl (C=O) groups is 2. The summed E-state index contributed by atoms with van der Waals surface area (Å²) < 4.78 is 12.8. The first-order valence-electron chi connectivity index (χ1n) is 7.49. The molecule has 0 aliphatic carbocycles. The summed E-state index contributed by atoms with van der Waals surface area (Å²) in [6.45, 7) is 4.03. The van der Waals surface area contributed by atoms with Gasteiger partial charge in [-0.1, -0.05) is 18.3 Å². The maximum atomic E-state index is 11.9. The predicted octanol–water partition coefficient (Wildman–Crippen LogP) is 2.50. The first kappa shape index (κ1) is 17.2. The van der Waals surface area contributed by atoms with Crippen LogP contribution in [0.3, 0.4) is 0 Å². The van der Waals surface area contributed by atoms with E-state index in [1.165, 1.54) is 11.3 Å². The highest BCUT2D eigenvalue weighted by Gasteiger charge is 2.12. The second kappa shape index (κ2) is 7.92. The molecule has 0 bridgehead atoms. The monoisotopic (exact) mass is 336 g/mol. The lowest BCUT2D eigenvalue weighted by Crippen LogP contribution is -2.23. The van der Waals surface area contributed by atoms with Crippen molar-refractivity contribution in [3.63, 3.8) is 0 Å². The normalized spacial score (nSPS) is 11.7. The van der Waals surface area contributed by atoms with Crippen LogP contribution in [0.5, 0.6) is 5.75 Å². The minimum Gasteiger partial charge on any atom is -0.497 e. The smallest absolute Gasteiger partial charge is 0.326 e. The highest BCUT2D eigenvalue weighted by molar-refractivity contribution is 7.16. The van der Waals surface area contributed by atoms with Crippen LogP contribution in [0.2, 0.25) is 0 Å². The van der Waals surface area contributed by atoms with Gasteiger partial charge in [0.2, 0.25) is 5.91 Å². The van der Waals surface area contributed by atoms with Gasteiger partial charge in [-0.05, 0) is 31.5 Å². The minimum absolute atomic E-state index is 0.0262. The van der Waals surface area contributed by atoms with Gasteiger partial charge >= 0.3 is 5.97 Å². The van der Waals surface area contributed by atoms with Crippen LogP contribution in [-0.4, -0.2) is 30.2 Å². The van der Waals surface area contributed by atoms with E-state index in [4.69, 9.17) is 9.47 Å². The maximum Gasteiger partial charge on any atom is 0.326 e. The Kier molecular flexibility index (Phi) is 5.92. The Morgan fingerprint density at radius 3 is 2.74 bits per heavy atom. The van der Waals surface area contributed by atoms with Crippen molar-refractivity contribution in [2.75, 3.05) is 13.7 Å². The average Bonchev–Trinajstić information content (AvgIpc) is 2.84. The molecule has 7 heteroatoms. The Bertz CT molecular complexity index is 776. The van der Waals surface area contributed by atoms with Gasteiger partial charge in [0, 0.05) is 6.42 Å². The van der Waals surface area contributed by atoms with Crippen LogP contribution >= 0.6 is 11.3 Å². The van der Waals surface area contributed by atoms with E-state index in [0.29, 0.717) is 23.6 Å². The van der Waals surface area contributed by atoms with Crippen LogP contribution in [-0.2, 0) is 20.9 Å². The van der Waals surface area contributed by atoms with Crippen LogP contribution in [0.25, 0.3) is 10.2 Å². The highest BCUT2D eigenvalue weighted by Crippen LogP contribution is 2.23. The SMILES string of the molecule is CCCC(=O)N=c1sc2cc(OC)ccc2n1CC(=O)OCC. The summed E-state index contributed by atoms with van der Waals surface area (Å²) in [5.74, 6) is 0.171. The van der Waals surface area contributed by atoms with Gasteiger partial charge in [-0.2, -0.15) is 4.99 Å². The van der Waals surface area contributed by atoms with Crippen LogP contribution in [0.15, 0.2) is 23.2 Å². The summed E-state index contributed by atoms with van der Waals surface area (Å²) in [6, 6.07) is 5.53. The largest absolute Gasteiger partial charge is 0.497 e. The number of methoxy groups -OCH3 is 1. The van der Waals surface area contributed by atoms with Crippen molar-refractivity contribution in [1.29, 1.82) is 0 Å². The third-order valence-corrected chi connectivity index (χ3v) is 4.21. The Morgan fingerprint density at radius 1 is 1.30 bits per heavy atom. The van der Waals surface area contributed by atoms with Gasteiger partial charge in [-0.15, -0.1) is 0 Å². The first-order chi connectivity index (χ1) is 11.1. The fourth-order valence-electron chi connectivity index (χ4n) is 2.13. The summed E-state index contributed by atoms with van der Waals surface area (Å²) in [7, 11) is 1.59. The van der Waals surface area contributed by atoms with Crippen molar-refractivity contribution in [2.45, 2.75) is 33.2 Å². The Morgan fingerprint density at radius 2 is 2.09 bits per heavy atom. The molecule has 0 unspecified atom stereocenters. The van der Waals surface area contributed by atoms with Crippen molar-refractivity contribution < 1.29 is 19.1 Å². The number of nitrogens with zero attached hydrogens (tertiary/aromatic N) is 2. The first-order valence-corrected chi connectivity index (χ1v) is 8.31. The number of fused-ring (bicyclic) bond motifs is 1. The molecule has 0 N–H and O–H groups in total. The topological polar surface area (TPSA) is 69.9 Å². The molecule has 6 nitrogen and oxygen atoms in total. The van der Waals surface area contributed by atoms with Crippen molar-refractivity contribution in [3.05, 3.63) is 23.0 Å². The predicted molar refractivity (Wildman–Crippen MR) is 88.5 cm³/mol. The van der Waals surface area contributed by atoms with Crippen LogP contribution in [0.1, 0.15) is 26.7 Å². The lowest BCUT2D eigenvalue weighted by Gasteiger charge is -2.05. The molecule has 0 aliphatic heterocycles. The van der Waals surface area contributed by atoms with E-state index >= 15 is 0 Å². The molecule has 2 aromatic rings. The lowest BCUT2D eigenvalue weighted by atomic mass is 10.3. The lowest BCUT2D eigenvalue weighted by molar-refractivity contribution is -0.143. The molecule has 1 aromatic carbocycles. The summed E-state index contributed by atoms with van der Waals surface area (Å²) in [4.78, 5) is 28.4. The second-order valence-corrected chi connectivity index (χ2v) is 5.87. The van der Waals surface area contributed by atoms with Crippen molar-refractivity contribution in [3.8, 4) is 5.75 Å². The number of hydrogen-bond acceptors (Lipinski definition) is 5. The number of aromatic nitrogens is 1. The van der Waals surface area contributed by atoms with Gasteiger partial charge in [-0.25, -0.2) is 0 Å². The van der Waals surface area contributed by atoms with E-state index in [-0.39, 0.29) is 18.4 Å². The fourth-order valence-corrected chi connectivity index (χ4v) is 3.21. The van der Waals surface area contributed by atoms with E-state index in [9.17, 15) is 9.59 Å². The van der Waals surface area contributed by atoms with Crippen molar-refractivity contribution in [2.24, 2.45) is 4.99 Å². The zero-order valence-electron chi connectivity index (χ0n) is 13.5. The molecule has 23 heavy (non-hydrogen) atoms. The maximum absolute atomic E-state index is 11.9. The molecule has 0 saturated heterocycles. The number of amides is 1. The molecule has 0 aliphatic rings. The van der Waals surface area contributed by atoms with E-state index in [0.717, 1.165) is 16.6 Å². The van der Waals surface area contributed by atoms with Gasteiger partial charge in [0.25, 0.3) is 0 Å². The van der Waals surface area contributed by atoms with Crippen molar-refractivity contribution >= 4 is 33.4 Å². The van der Waals surface area contributed by atoms with E-state index in [1.807, 2.05) is 25.1 Å². The minimum atomic E-state index is -0.354. The second-order valence-electron chi connectivity index (χ2n) is 4.86. The quantitative estimate of drug-likeness (QED) is 0.760. The standard InChI is InChI=1S/C16H20N2O4S/c1-4-6-14(19)17-16-18(10-15(20)22-5-2)12-8-7-11(21-3)9-13(12)23-16/h7-9H,4-6,10H2,1-3H3. The molecule has 0 spiro atoms. The molecule has 0 radical (unpaired) electrons. The van der Waals surface area contributed by atoms with Crippen LogP contribution < -0.4 is 9.54 Å². The molecule has 0 saturated carbocycles. The molecule has 1 aromatic heterocycles. The zero-order chi connectivity index (χ0) is 16.8. The number of carbonyl (C=O) groups excluding carboxylic acids is 2. The molecule has 2 rings (SSSR count). The van der Waals surface area contributed by atoms with E-state index in [2.05, 4.69) is 4.99 Å². The molecule has 0 fully saturated rings. The Balaban J connectivity index is 2.54. The highest BCUT2D eigenvalue weighted by atomic mass is 32.1. The summed E-state index contributed by atoms with van der Waals surface area (Å²) in [5.41, 5.74) is 0.826. The van der Waals surface area contributed by atoms with Gasteiger partial charge < -0.3 is 14.0 Å². The molecular formula is C16H20N2O4S. The average molecular weight is 336 g/mol. The summed E-state index contributed by atoms with van der Waals surface area (Å²) in [5, 5.41) is 0. The van der Waals surface area contributed by atoms with Crippen LogP contribution in [0.4, 0.5) is 0 Å². The summed E-state index contributed by atoms with van der Waals surface area (Å²) >= 11 is 1.36. The van der Waals surface area contributed by atoms with Gasteiger partial charge in [0.15, 0.2) is 4.80 Å². The van der Waals surface area contributed by atoms with E-state index < -0.39 is 0 Å². The fraction of sp³-hybridized carbons (Fsp3) is 0.438. The molecule has 1 amide bonds. The molecular weight excluding hydrogens is 316 g/mol. The van der Waals surface area contributed by atoms with Gasteiger partial charge in [0.05, 0.1) is 23.9 Å². The number of benzene rings is 1. The number of ether oxygens (including phenoxy) is 2. The number of esters is 1. The molecule has 124 valence electrons. The van der Waals surface area contributed by atoms with Crippen molar-refractivity contribution in [1.82, 2.24) is 4.57 Å². The number of hydrogen-bond donors (Lipinski definition) is 0. The third kappa shape index (κ3) is 4.19. The van der Waals surface area contributed by atoms with Gasteiger partial charge in [-0.3, -0.25) is 9.59 Å². The van der Waals surface area contributed by atoms with Crippen LogP contribution in [0, 0.1) is 0 Å². The Labute approximate surface area is 138 Å². The van der Waals surface area contributed by atoms with E-state index in [1.54, 1.807) is 18.6 Å². The summed E-state index contributed by atoms with van der Waals surface area (Å²) in [6.07, 6.45) is 1.12. The molecule has 0 atom stereocenters. The zero-order valence-corrected chi connectivity index (χ0v) is 14.3. The van der Waals surface area contributed by atoms with Gasteiger partial charge in [0.1, 0.15) is 12.3 Å². The third-order valence-electron chi connectivity index (χ3n) is 3.17. The number of rotatable bonds is 6. The molecule has 1 heterocycles. The Hall–Kier alpha value is -2.15. The number of thiazole rings is 1.